The van der Waals surface area contributed by atoms with E-state index in [1.54, 1.807) is 35.0 Å². The second-order valence-corrected chi connectivity index (χ2v) is 6.01. The monoisotopic (exact) mass is 341 g/mol. The third-order valence-corrected chi connectivity index (χ3v) is 4.39. The van der Waals surface area contributed by atoms with Crippen LogP contribution in [0, 0.1) is 0 Å². The SMILES string of the molecule is O=c1[nH]c2ncc(-c3ccc(O)cc3)nc2n1CCN1CCOCC1. The third kappa shape index (κ3) is 3.26. The molecule has 8 heteroatoms. The Labute approximate surface area is 143 Å². The van der Waals surface area contributed by atoms with Crippen molar-refractivity contribution in [2.75, 3.05) is 32.8 Å². The molecule has 1 fully saturated rings. The first-order chi connectivity index (χ1) is 12.2. The number of hydrogen-bond donors (Lipinski definition) is 2. The van der Waals surface area contributed by atoms with Gasteiger partial charge in [0.15, 0.2) is 11.3 Å². The van der Waals surface area contributed by atoms with Crippen LogP contribution < -0.4 is 5.69 Å². The number of aromatic amines is 1. The van der Waals surface area contributed by atoms with Crippen LogP contribution in [0.15, 0.2) is 35.3 Å². The Morgan fingerprint density at radius 3 is 2.68 bits per heavy atom. The van der Waals surface area contributed by atoms with E-state index in [2.05, 4.69) is 19.9 Å². The van der Waals surface area contributed by atoms with Gasteiger partial charge in [-0.05, 0) is 24.3 Å². The Kier molecular flexibility index (Phi) is 4.21. The number of nitrogens with one attached hydrogen (secondary N) is 1. The first kappa shape index (κ1) is 15.8. The molecule has 0 bridgehead atoms. The lowest BCUT2D eigenvalue weighted by atomic mass is 10.1. The molecule has 3 aromatic rings. The molecule has 0 unspecified atom stereocenters. The molecule has 0 spiro atoms. The molecule has 130 valence electrons. The summed E-state index contributed by atoms with van der Waals surface area (Å²) in [5, 5.41) is 9.42. The van der Waals surface area contributed by atoms with E-state index in [-0.39, 0.29) is 11.4 Å². The molecule has 25 heavy (non-hydrogen) atoms. The number of H-pyrrole nitrogens is 1. The summed E-state index contributed by atoms with van der Waals surface area (Å²) in [5.41, 5.74) is 2.32. The van der Waals surface area contributed by atoms with Crippen molar-refractivity contribution in [3.63, 3.8) is 0 Å². The van der Waals surface area contributed by atoms with Crippen molar-refractivity contribution in [3.8, 4) is 17.0 Å². The molecule has 0 atom stereocenters. The van der Waals surface area contributed by atoms with Crippen LogP contribution in [-0.2, 0) is 11.3 Å². The summed E-state index contributed by atoms with van der Waals surface area (Å²) in [5.74, 6) is 0.196. The summed E-state index contributed by atoms with van der Waals surface area (Å²) >= 11 is 0. The van der Waals surface area contributed by atoms with Crippen LogP contribution in [0.25, 0.3) is 22.6 Å². The highest BCUT2D eigenvalue weighted by Gasteiger charge is 2.14. The average Bonchev–Trinajstić information content (AvgIpc) is 2.96. The number of nitrogens with zero attached hydrogens (tertiary/aromatic N) is 4. The van der Waals surface area contributed by atoms with E-state index in [0.717, 1.165) is 38.4 Å². The number of aromatic hydroxyl groups is 1. The number of hydrogen-bond acceptors (Lipinski definition) is 6. The van der Waals surface area contributed by atoms with Gasteiger partial charge in [-0.1, -0.05) is 0 Å². The molecule has 0 saturated carbocycles. The molecule has 8 nitrogen and oxygen atoms in total. The largest absolute Gasteiger partial charge is 0.508 e. The molecule has 0 aliphatic carbocycles. The Bertz CT molecular complexity index is 926. The van der Waals surface area contributed by atoms with Gasteiger partial charge in [-0.3, -0.25) is 14.5 Å². The first-order valence-electron chi connectivity index (χ1n) is 8.26. The quantitative estimate of drug-likeness (QED) is 0.729. The number of phenolic OH excluding ortho intramolecular Hbond substituents is 1. The molecule has 1 aromatic carbocycles. The van der Waals surface area contributed by atoms with Crippen LogP contribution in [-0.4, -0.2) is 62.4 Å². The van der Waals surface area contributed by atoms with Crippen LogP contribution in [0.2, 0.25) is 0 Å². The topological polar surface area (TPSA) is 96.3 Å². The highest BCUT2D eigenvalue weighted by molar-refractivity contribution is 5.70. The Hall–Kier alpha value is -2.71. The van der Waals surface area contributed by atoms with E-state index in [9.17, 15) is 9.90 Å². The van der Waals surface area contributed by atoms with E-state index in [1.807, 2.05) is 0 Å². The summed E-state index contributed by atoms with van der Waals surface area (Å²) in [6, 6.07) is 6.75. The summed E-state index contributed by atoms with van der Waals surface area (Å²) in [6.07, 6.45) is 1.62. The van der Waals surface area contributed by atoms with Gasteiger partial charge in [0.2, 0.25) is 0 Å². The number of morpholine rings is 1. The predicted molar refractivity (Wildman–Crippen MR) is 92.5 cm³/mol. The van der Waals surface area contributed by atoms with E-state index in [1.165, 1.54) is 0 Å². The Morgan fingerprint density at radius 2 is 1.92 bits per heavy atom. The summed E-state index contributed by atoms with van der Waals surface area (Å²) < 4.78 is 6.97. The van der Waals surface area contributed by atoms with Gasteiger partial charge in [0.25, 0.3) is 0 Å². The van der Waals surface area contributed by atoms with E-state index < -0.39 is 0 Å². The predicted octanol–water partition coefficient (Wildman–Crippen LogP) is 0.824. The van der Waals surface area contributed by atoms with Gasteiger partial charge in [0.1, 0.15) is 5.75 Å². The van der Waals surface area contributed by atoms with Gasteiger partial charge in [-0.15, -0.1) is 0 Å². The summed E-state index contributed by atoms with van der Waals surface area (Å²) in [7, 11) is 0. The zero-order valence-electron chi connectivity index (χ0n) is 13.7. The van der Waals surface area contributed by atoms with E-state index in [4.69, 9.17) is 4.74 Å². The average molecular weight is 341 g/mol. The zero-order chi connectivity index (χ0) is 17.2. The number of rotatable bonds is 4. The number of imidazole rings is 1. The van der Waals surface area contributed by atoms with Crippen LogP contribution in [0.5, 0.6) is 5.75 Å². The van der Waals surface area contributed by atoms with Crippen molar-refractivity contribution >= 4 is 11.3 Å². The molecule has 1 aliphatic rings. The van der Waals surface area contributed by atoms with Crippen molar-refractivity contribution in [1.82, 2.24) is 24.4 Å². The summed E-state index contributed by atoms with van der Waals surface area (Å²) in [6.45, 7) is 4.53. The number of phenols is 1. The number of ether oxygens (including phenoxy) is 1. The van der Waals surface area contributed by atoms with Crippen LogP contribution >= 0.6 is 0 Å². The summed E-state index contributed by atoms with van der Waals surface area (Å²) in [4.78, 5) is 26.2. The van der Waals surface area contributed by atoms with Gasteiger partial charge in [0, 0.05) is 31.7 Å². The van der Waals surface area contributed by atoms with Crippen LogP contribution in [0.4, 0.5) is 0 Å². The normalized spacial score (nSPS) is 15.7. The molecule has 0 amide bonds. The van der Waals surface area contributed by atoms with Gasteiger partial charge in [-0.2, -0.15) is 0 Å². The maximum atomic E-state index is 12.3. The molecule has 3 heterocycles. The lowest BCUT2D eigenvalue weighted by Gasteiger charge is -2.26. The zero-order valence-corrected chi connectivity index (χ0v) is 13.7. The van der Waals surface area contributed by atoms with Gasteiger partial charge >= 0.3 is 5.69 Å². The minimum atomic E-state index is -0.203. The Morgan fingerprint density at radius 1 is 1.16 bits per heavy atom. The first-order valence-corrected chi connectivity index (χ1v) is 8.26. The van der Waals surface area contributed by atoms with E-state index >= 15 is 0 Å². The molecule has 1 aliphatic heterocycles. The minimum absolute atomic E-state index is 0.196. The number of benzene rings is 1. The maximum Gasteiger partial charge on any atom is 0.328 e. The molecule has 0 radical (unpaired) electrons. The molecular formula is C17H19N5O3. The maximum absolute atomic E-state index is 12.3. The third-order valence-electron chi connectivity index (χ3n) is 4.39. The van der Waals surface area contributed by atoms with Crippen molar-refractivity contribution < 1.29 is 9.84 Å². The second-order valence-electron chi connectivity index (χ2n) is 6.01. The standard InChI is InChI=1S/C17H19N5O3/c23-13-3-1-12(2-4-13)14-11-18-15-16(19-14)22(17(24)20-15)6-5-21-7-9-25-10-8-21/h1-4,11,23H,5-10H2,(H,18,20,24). The molecule has 2 N–H and O–H groups in total. The van der Waals surface area contributed by atoms with Gasteiger partial charge < -0.3 is 9.84 Å². The van der Waals surface area contributed by atoms with Crippen LogP contribution in [0.1, 0.15) is 0 Å². The highest BCUT2D eigenvalue weighted by atomic mass is 16.5. The lowest BCUT2D eigenvalue weighted by Crippen LogP contribution is -2.39. The smallest absolute Gasteiger partial charge is 0.328 e. The Balaban J connectivity index is 1.64. The van der Waals surface area contributed by atoms with Crippen molar-refractivity contribution in [3.05, 3.63) is 40.9 Å². The minimum Gasteiger partial charge on any atom is -0.508 e. The molecular weight excluding hydrogens is 322 g/mol. The molecule has 4 rings (SSSR count). The fraction of sp³-hybridized carbons (Fsp3) is 0.353. The van der Waals surface area contributed by atoms with Gasteiger partial charge in [-0.25, -0.2) is 14.8 Å². The lowest BCUT2D eigenvalue weighted by molar-refractivity contribution is 0.0364. The van der Waals surface area contributed by atoms with Gasteiger partial charge in [0.05, 0.1) is 25.1 Å². The van der Waals surface area contributed by atoms with Crippen molar-refractivity contribution in [2.45, 2.75) is 6.54 Å². The fourth-order valence-corrected chi connectivity index (χ4v) is 2.97. The van der Waals surface area contributed by atoms with Crippen molar-refractivity contribution in [2.24, 2.45) is 0 Å². The van der Waals surface area contributed by atoms with Crippen LogP contribution in [0.3, 0.4) is 0 Å². The fourth-order valence-electron chi connectivity index (χ4n) is 2.97. The molecule has 2 aromatic heterocycles. The number of fused-ring (bicyclic) bond motifs is 1. The highest BCUT2D eigenvalue weighted by Crippen LogP contribution is 2.20. The van der Waals surface area contributed by atoms with Crippen molar-refractivity contribution in [1.29, 1.82) is 0 Å². The van der Waals surface area contributed by atoms with E-state index in [0.29, 0.717) is 23.5 Å². The second kappa shape index (κ2) is 6.66. The number of aromatic nitrogens is 4. The molecule has 1 saturated heterocycles.